The Morgan fingerprint density at radius 2 is 1.89 bits per heavy atom. The van der Waals surface area contributed by atoms with Gasteiger partial charge in [-0.1, -0.05) is 30.2 Å². The minimum Gasteiger partial charge on any atom is -0.508 e. The van der Waals surface area contributed by atoms with Gasteiger partial charge in [0.15, 0.2) is 0 Å². The maximum absolute atomic E-state index is 14.1. The molecule has 188 valence electrons. The lowest BCUT2D eigenvalue weighted by Crippen LogP contribution is -2.70. The molecule has 0 unspecified atom stereocenters. The minimum atomic E-state index is -1.04. The van der Waals surface area contributed by atoms with Crippen molar-refractivity contribution >= 4 is 34.3 Å². The molecule has 8 heteroatoms. The topological polar surface area (TPSA) is 79.9 Å². The number of halogens is 1. The maximum Gasteiger partial charge on any atom is 0.249 e. The van der Waals surface area contributed by atoms with E-state index in [1.807, 2.05) is 31.2 Å². The summed E-state index contributed by atoms with van der Waals surface area (Å²) < 4.78 is 0. The number of nitrogens with zero attached hydrogens (tertiary/aromatic N) is 3. The number of hydrogen-bond acceptors (Lipinski definition) is 4. The lowest BCUT2D eigenvalue weighted by atomic mass is 9.78. The normalized spacial score (nSPS) is 24.8. The van der Waals surface area contributed by atoms with Crippen LogP contribution in [0.3, 0.4) is 0 Å². The van der Waals surface area contributed by atoms with Crippen LogP contribution in [0.15, 0.2) is 42.5 Å². The highest BCUT2D eigenvalue weighted by Gasteiger charge is 2.56. The Balaban J connectivity index is 1.43. The predicted octanol–water partition coefficient (Wildman–Crippen LogP) is 4.09. The fourth-order valence-corrected chi connectivity index (χ4v) is 6.57. The third kappa shape index (κ3) is 3.76. The fourth-order valence-electron chi connectivity index (χ4n) is 6.39. The minimum absolute atomic E-state index is 0.0220. The number of rotatable bonds is 4. The smallest absolute Gasteiger partial charge is 0.249 e. The van der Waals surface area contributed by atoms with Crippen LogP contribution in [0.4, 0.5) is 0 Å². The van der Waals surface area contributed by atoms with Crippen LogP contribution >= 0.6 is 11.6 Å². The molecule has 0 spiro atoms. The average Bonchev–Trinajstić information content (AvgIpc) is 3.22. The number of piperazine rings is 1. The van der Waals surface area contributed by atoms with Crippen LogP contribution in [0.25, 0.3) is 10.9 Å². The summed E-state index contributed by atoms with van der Waals surface area (Å²) in [6.45, 7) is 5.41. The molecular formula is C28H31ClN4O3. The third-order valence-corrected chi connectivity index (χ3v) is 8.38. The SMILES string of the molecule is C[C@@]12Cc3c([nH]c4ccc(Cl)cc34)[C@@H](c3cccc(O)c3)N1C(=O)CN(CCN1CCCCC1)C2=O. The van der Waals surface area contributed by atoms with Gasteiger partial charge in [0.2, 0.25) is 11.8 Å². The molecule has 6 rings (SSSR count). The summed E-state index contributed by atoms with van der Waals surface area (Å²) in [5.74, 6) is 0.0251. The molecule has 3 aromatic rings. The van der Waals surface area contributed by atoms with E-state index < -0.39 is 11.6 Å². The molecule has 36 heavy (non-hydrogen) atoms. The number of likely N-dealkylation sites (tertiary alicyclic amines) is 1. The Bertz CT molecular complexity index is 1350. The largest absolute Gasteiger partial charge is 0.508 e. The molecule has 0 bridgehead atoms. The number of phenolic OH excluding ortho intramolecular Hbond substituents is 1. The van der Waals surface area contributed by atoms with Gasteiger partial charge in [0, 0.05) is 41.1 Å². The average molecular weight is 507 g/mol. The Hall–Kier alpha value is -3.03. The van der Waals surface area contributed by atoms with E-state index in [1.54, 1.807) is 28.0 Å². The second-order valence-corrected chi connectivity index (χ2v) is 11.0. The predicted molar refractivity (Wildman–Crippen MR) is 139 cm³/mol. The van der Waals surface area contributed by atoms with Gasteiger partial charge in [-0.2, -0.15) is 0 Å². The molecule has 2 aromatic carbocycles. The first kappa shape index (κ1) is 23.4. The molecule has 0 radical (unpaired) electrons. The van der Waals surface area contributed by atoms with Crippen molar-refractivity contribution in [2.75, 3.05) is 32.7 Å². The molecule has 0 aliphatic carbocycles. The van der Waals surface area contributed by atoms with Crippen molar-refractivity contribution in [1.82, 2.24) is 19.7 Å². The first-order chi connectivity index (χ1) is 17.3. The molecule has 4 heterocycles. The number of hydrogen-bond donors (Lipinski definition) is 2. The molecule has 1 aromatic heterocycles. The molecule has 2 N–H and O–H groups in total. The Morgan fingerprint density at radius 3 is 2.67 bits per heavy atom. The van der Waals surface area contributed by atoms with Crippen molar-refractivity contribution in [3.8, 4) is 5.75 Å². The first-order valence-electron chi connectivity index (χ1n) is 12.8. The zero-order valence-electron chi connectivity index (χ0n) is 20.5. The van der Waals surface area contributed by atoms with Crippen LogP contribution in [-0.2, 0) is 16.0 Å². The van der Waals surface area contributed by atoms with Gasteiger partial charge < -0.3 is 24.8 Å². The van der Waals surface area contributed by atoms with Crippen molar-refractivity contribution in [3.63, 3.8) is 0 Å². The zero-order chi connectivity index (χ0) is 25.0. The van der Waals surface area contributed by atoms with E-state index in [9.17, 15) is 14.7 Å². The summed E-state index contributed by atoms with van der Waals surface area (Å²) in [4.78, 5) is 37.3. The third-order valence-electron chi connectivity index (χ3n) is 8.15. The van der Waals surface area contributed by atoms with Gasteiger partial charge >= 0.3 is 0 Å². The number of benzene rings is 2. The molecule has 0 saturated carbocycles. The molecule has 2 amide bonds. The summed E-state index contributed by atoms with van der Waals surface area (Å²) in [7, 11) is 0. The number of amides is 2. The van der Waals surface area contributed by atoms with E-state index in [4.69, 9.17) is 11.6 Å². The van der Waals surface area contributed by atoms with Crippen molar-refractivity contribution in [1.29, 1.82) is 0 Å². The molecule has 2 saturated heterocycles. The summed E-state index contributed by atoms with van der Waals surface area (Å²) >= 11 is 6.36. The van der Waals surface area contributed by atoms with E-state index in [0.29, 0.717) is 18.0 Å². The lowest BCUT2D eigenvalue weighted by molar-refractivity contribution is -0.167. The van der Waals surface area contributed by atoms with Gasteiger partial charge in [0.1, 0.15) is 11.3 Å². The van der Waals surface area contributed by atoms with Crippen LogP contribution in [0.2, 0.25) is 5.02 Å². The van der Waals surface area contributed by atoms with Crippen LogP contribution < -0.4 is 0 Å². The van der Waals surface area contributed by atoms with E-state index in [0.717, 1.165) is 47.4 Å². The van der Waals surface area contributed by atoms with Gasteiger partial charge in [0.25, 0.3) is 0 Å². The molecular weight excluding hydrogens is 476 g/mol. The Morgan fingerprint density at radius 1 is 1.08 bits per heavy atom. The number of phenols is 1. The van der Waals surface area contributed by atoms with Crippen LogP contribution in [0.1, 0.15) is 49.0 Å². The van der Waals surface area contributed by atoms with Gasteiger partial charge in [-0.3, -0.25) is 9.59 Å². The number of nitrogens with one attached hydrogen (secondary N) is 1. The van der Waals surface area contributed by atoms with E-state index in [-0.39, 0.29) is 24.1 Å². The van der Waals surface area contributed by atoms with E-state index in [2.05, 4.69) is 9.88 Å². The molecule has 7 nitrogen and oxygen atoms in total. The number of aromatic hydroxyl groups is 1. The first-order valence-corrected chi connectivity index (χ1v) is 13.2. The number of aromatic amines is 1. The Labute approximate surface area is 215 Å². The van der Waals surface area contributed by atoms with Gasteiger partial charge in [-0.15, -0.1) is 0 Å². The highest BCUT2D eigenvalue weighted by Crippen LogP contribution is 2.47. The number of carbonyl (C=O) groups is 2. The quantitative estimate of drug-likeness (QED) is 0.558. The standard InChI is InChI=1S/C28H31ClN4O3/c1-28-16-22-21-15-19(29)8-9-23(21)30-25(22)26(18-6-5-7-20(34)14-18)33(28)24(35)17-32(27(28)36)13-12-31-10-3-2-4-11-31/h5-9,14-15,26,30,34H,2-4,10-13,16-17H2,1H3/t26-,28+/m1/s1. The van der Waals surface area contributed by atoms with Gasteiger partial charge in [0.05, 0.1) is 12.6 Å². The lowest BCUT2D eigenvalue weighted by Gasteiger charge is -2.53. The number of piperidine rings is 1. The summed E-state index contributed by atoms with van der Waals surface area (Å²) in [6.07, 6.45) is 4.05. The second kappa shape index (κ2) is 8.82. The summed E-state index contributed by atoms with van der Waals surface area (Å²) in [6, 6.07) is 12.2. The molecule has 2 atom stereocenters. The highest BCUT2D eigenvalue weighted by atomic mass is 35.5. The number of aromatic nitrogens is 1. The van der Waals surface area contributed by atoms with Crippen molar-refractivity contribution in [2.24, 2.45) is 0 Å². The second-order valence-electron chi connectivity index (χ2n) is 10.5. The number of carbonyl (C=O) groups excluding carboxylic acids is 2. The van der Waals surface area contributed by atoms with E-state index >= 15 is 0 Å². The van der Waals surface area contributed by atoms with E-state index in [1.165, 1.54) is 19.3 Å². The van der Waals surface area contributed by atoms with Crippen molar-refractivity contribution < 1.29 is 14.7 Å². The molecule has 2 fully saturated rings. The fraction of sp³-hybridized carbons (Fsp3) is 0.429. The van der Waals surface area contributed by atoms with Crippen molar-refractivity contribution in [3.05, 3.63) is 64.3 Å². The number of fused-ring (bicyclic) bond motifs is 4. The van der Waals surface area contributed by atoms with Gasteiger partial charge in [-0.05, 0) is 74.3 Å². The summed E-state index contributed by atoms with van der Waals surface area (Å²) in [5.41, 5.74) is 2.51. The van der Waals surface area contributed by atoms with Crippen molar-refractivity contribution in [2.45, 2.75) is 44.2 Å². The molecule has 3 aliphatic heterocycles. The zero-order valence-corrected chi connectivity index (χ0v) is 21.2. The number of H-pyrrole nitrogens is 1. The monoisotopic (exact) mass is 506 g/mol. The Kier molecular flexibility index (Phi) is 5.73. The van der Waals surface area contributed by atoms with Gasteiger partial charge in [-0.25, -0.2) is 0 Å². The van der Waals surface area contributed by atoms with Crippen LogP contribution in [0.5, 0.6) is 5.75 Å². The molecule has 3 aliphatic rings. The summed E-state index contributed by atoms with van der Waals surface area (Å²) in [5, 5.41) is 11.9. The van der Waals surface area contributed by atoms with Crippen LogP contribution in [-0.4, -0.2) is 74.9 Å². The van der Waals surface area contributed by atoms with Crippen LogP contribution in [0, 0.1) is 0 Å². The highest BCUT2D eigenvalue weighted by molar-refractivity contribution is 6.31. The maximum atomic E-state index is 14.1.